The van der Waals surface area contributed by atoms with Gasteiger partial charge in [-0.15, -0.1) is 0 Å². The summed E-state index contributed by atoms with van der Waals surface area (Å²) in [5, 5.41) is 8.20. The Balaban J connectivity index is 2.64. The summed E-state index contributed by atoms with van der Waals surface area (Å²) in [7, 11) is 0. The van der Waals surface area contributed by atoms with E-state index < -0.39 is 11.2 Å². The van der Waals surface area contributed by atoms with Crippen LogP contribution in [0.3, 0.4) is 0 Å². The molecule has 2 nitrogen and oxygen atoms in total. The van der Waals surface area contributed by atoms with Crippen LogP contribution in [0.4, 0.5) is 0 Å². The fourth-order valence-electron chi connectivity index (χ4n) is 0.853. The quantitative estimate of drug-likeness (QED) is 0.804. The number of carboxylic acids is 1. The van der Waals surface area contributed by atoms with E-state index in [0.717, 1.165) is 5.56 Å². The first-order valence-corrected chi connectivity index (χ1v) is 5.39. The largest absolute Gasteiger partial charge is 0.480 e. The van der Waals surface area contributed by atoms with E-state index in [0.29, 0.717) is 4.20 Å². The molecule has 1 rings (SSSR count). The van der Waals surface area contributed by atoms with Gasteiger partial charge in [-0.2, -0.15) is 0 Å². The summed E-state index contributed by atoms with van der Waals surface area (Å²) >= 11 is 6.31. The van der Waals surface area contributed by atoms with Crippen LogP contribution in [0.25, 0.3) is 0 Å². The molecule has 0 radical (unpaired) electrons. The first-order chi connectivity index (χ1) is 6.61. The summed E-state index contributed by atoms with van der Waals surface area (Å²) in [4.78, 5) is 10.6. The Hall–Kier alpha value is -0.870. The Labute approximate surface area is 92.3 Å². The first-order valence-electron chi connectivity index (χ1n) is 4.10. The van der Waals surface area contributed by atoms with Crippen molar-refractivity contribution in [3.63, 3.8) is 0 Å². The van der Waals surface area contributed by atoms with Gasteiger partial charge in [-0.25, -0.2) is 0 Å². The normalized spacial score (nSPS) is 12.1. The van der Waals surface area contributed by atoms with Crippen LogP contribution in [0.5, 0.6) is 0 Å². The van der Waals surface area contributed by atoms with E-state index in [1.54, 1.807) is 6.92 Å². The van der Waals surface area contributed by atoms with Gasteiger partial charge in [-0.05, 0) is 12.5 Å². The van der Waals surface area contributed by atoms with Crippen molar-refractivity contribution in [1.82, 2.24) is 0 Å². The average Bonchev–Trinajstić information content (AvgIpc) is 2.19. The molecule has 1 atom stereocenters. The van der Waals surface area contributed by atoms with Gasteiger partial charge in [0.05, 0.1) is 4.20 Å². The zero-order valence-corrected chi connectivity index (χ0v) is 9.27. The smallest absolute Gasteiger partial charge is 0.316 e. The molecule has 4 heteroatoms. The van der Waals surface area contributed by atoms with Crippen molar-refractivity contribution in [3.8, 4) is 0 Å². The molecule has 0 aromatic heterocycles. The lowest BCUT2D eigenvalue weighted by Gasteiger charge is -2.06. The van der Waals surface area contributed by atoms with E-state index in [-0.39, 0.29) is 0 Å². The first kappa shape index (κ1) is 11.2. The minimum atomic E-state index is -0.840. The van der Waals surface area contributed by atoms with E-state index in [1.165, 1.54) is 11.8 Å². The number of hydrogen-bond donors (Lipinski definition) is 1. The summed E-state index contributed by atoms with van der Waals surface area (Å²) in [5.74, 6) is -0.840. The van der Waals surface area contributed by atoms with Gasteiger partial charge in [0.15, 0.2) is 0 Å². The number of hydrogen-bond acceptors (Lipinski definition) is 3. The molecular formula is C10H10O2S2. The fourth-order valence-corrected chi connectivity index (χ4v) is 2.12. The second kappa shape index (κ2) is 5.12. The molecule has 0 saturated carbocycles. The molecule has 0 aliphatic rings. The van der Waals surface area contributed by atoms with Crippen LogP contribution in [-0.2, 0) is 4.79 Å². The van der Waals surface area contributed by atoms with E-state index in [1.807, 2.05) is 30.3 Å². The van der Waals surface area contributed by atoms with Crippen molar-refractivity contribution in [3.05, 3.63) is 35.9 Å². The zero-order chi connectivity index (χ0) is 10.6. The molecule has 1 aromatic carbocycles. The monoisotopic (exact) mass is 226 g/mol. The van der Waals surface area contributed by atoms with Crippen LogP contribution >= 0.6 is 24.0 Å². The van der Waals surface area contributed by atoms with Crippen molar-refractivity contribution >= 4 is 34.1 Å². The Bertz CT molecular complexity index is 335. The summed E-state index contributed by atoms with van der Waals surface area (Å²) in [6.45, 7) is 1.63. The summed E-state index contributed by atoms with van der Waals surface area (Å²) < 4.78 is 0.625. The van der Waals surface area contributed by atoms with Crippen LogP contribution in [0.15, 0.2) is 30.3 Å². The van der Waals surface area contributed by atoms with E-state index in [2.05, 4.69) is 0 Å². The summed E-state index contributed by atoms with van der Waals surface area (Å²) in [6, 6.07) is 9.42. The van der Waals surface area contributed by atoms with E-state index >= 15 is 0 Å². The van der Waals surface area contributed by atoms with E-state index in [4.69, 9.17) is 17.3 Å². The number of carbonyl (C=O) groups is 1. The minimum Gasteiger partial charge on any atom is -0.480 e. The number of benzene rings is 1. The SMILES string of the molecule is C[C@H](SC(=S)c1ccccc1)C(=O)O. The fraction of sp³-hybridized carbons (Fsp3) is 0.200. The van der Waals surface area contributed by atoms with Crippen molar-refractivity contribution in [1.29, 1.82) is 0 Å². The molecule has 0 fully saturated rings. The molecule has 14 heavy (non-hydrogen) atoms. The Kier molecular flexibility index (Phi) is 4.10. The van der Waals surface area contributed by atoms with Crippen LogP contribution in [0, 0.1) is 0 Å². The maximum Gasteiger partial charge on any atom is 0.316 e. The second-order valence-corrected chi connectivity index (χ2v) is 4.77. The topological polar surface area (TPSA) is 37.3 Å². The van der Waals surface area contributed by atoms with Gasteiger partial charge in [0.1, 0.15) is 5.25 Å². The van der Waals surface area contributed by atoms with E-state index in [9.17, 15) is 4.79 Å². The van der Waals surface area contributed by atoms with Gasteiger partial charge < -0.3 is 5.11 Å². The molecule has 0 spiro atoms. The summed E-state index contributed by atoms with van der Waals surface area (Å²) in [5.41, 5.74) is 0.903. The number of aliphatic carboxylic acids is 1. The average molecular weight is 226 g/mol. The third-order valence-electron chi connectivity index (χ3n) is 1.64. The third kappa shape index (κ3) is 3.12. The molecule has 0 aliphatic heterocycles. The Morgan fingerprint density at radius 2 is 2.00 bits per heavy atom. The van der Waals surface area contributed by atoms with Crippen LogP contribution in [0.1, 0.15) is 12.5 Å². The highest BCUT2D eigenvalue weighted by Crippen LogP contribution is 2.18. The highest BCUT2D eigenvalue weighted by atomic mass is 32.2. The molecule has 0 unspecified atom stereocenters. The maximum atomic E-state index is 10.6. The Morgan fingerprint density at radius 3 is 2.50 bits per heavy atom. The van der Waals surface area contributed by atoms with Crippen LogP contribution in [0.2, 0.25) is 0 Å². The predicted molar refractivity (Wildman–Crippen MR) is 62.8 cm³/mol. The predicted octanol–water partition coefficient (Wildman–Crippen LogP) is 2.57. The minimum absolute atomic E-state index is 0.497. The molecule has 0 aliphatic carbocycles. The molecule has 0 amide bonds. The molecule has 1 N–H and O–H groups in total. The lowest BCUT2D eigenvalue weighted by atomic mass is 10.2. The molecule has 74 valence electrons. The summed E-state index contributed by atoms with van der Waals surface area (Å²) in [6.07, 6.45) is 0. The van der Waals surface area contributed by atoms with Gasteiger partial charge in [0.25, 0.3) is 0 Å². The molecule has 1 aromatic rings. The highest BCUT2D eigenvalue weighted by Gasteiger charge is 2.14. The van der Waals surface area contributed by atoms with Crippen molar-refractivity contribution in [2.24, 2.45) is 0 Å². The lowest BCUT2D eigenvalue weighted by Crippen LogP contribution is -2.13. The maximum absolute atomic E-state index is 10.6. The molecule has 0 heterocycles. The number of rotatable bonds is 3. The van der Waals surface area contributed by atoms with Crippen molar-refractivity contribution in [2.75, 3.05) is 0 Å². The van der Waals surface area contributed by atoms with Crippen molar-refractivity contribution < 1.29 is 9.90 Å². The number of thiocarbonyl (C=S) groups is 1. The van der Waals surface area contributed by atoms with Crippen LogP contribution in [-0.4, -0.2) is 20.5 Å². The Morgan fingerprint density at radius 1 is 1.43 bits per heavy atom. The number of thioether (sulfide) groups is 1. The molecular weight excluding hydrogens is 216 g/mol. The van der Waals surface area contributed by atoms with Crippen molar-refractivity contribution in [2.45, 2.75) is 12.2 Å². The lowest BCUT2D eigenvalue weighted by molar-refractivity contribution is -0.136. The third-order valence-corrected chi connectivity index (χ3v) is 3.17. The van der Waals surface area contributed by atoms with Gasteiger partial charge in [-0.3, -0.25) is 4.79 Å². The van der Waals surface area contributed by atoms with Crippen LogP contribution < -0.4 is 0 Å². The molecule has 0 bridgehead atoms. The highest BCUT2D eigenvalue weighted by molar-refractivity contribution is 8.24. The van der Waals surface area contributed by atoms with Gasteiger partial charge in [-0.1, -0.05) is 54.3 Å². The molecule has 0 saturated heterocycles. The van der Waals surface area contributed by atoms with Gasteiger partial charge >= 0.3 is 5.97 Å². The number of carboxylic acid groups (broad SMARTS) is 1. The second-order valence-electron chi connectivity index (χ2n) is 2.75. The zero-order valence-electron chi connectivity index (χ0n) is 7.64. The standard InChI is InChI=1S/C10H10O2S2/c1-7(9(11)12)14-10(13)8-5-3-2-4-6-8/h2-7H,1H3,(H,11,12)/t7-/m0/s1. The van der Waals surface area contributed by atoms with Gasteiger partial charge in [0, 0.05) is 0 Å². The van der Waals surface area contributed by atoms with Gasteiger partial charge in [0.2, 0.25) is 0 Å².